The minimum Gasteiger partial charge on any atom is -0.471 e. The summed E-state index contributed by atoms with van der Waals surface area (Å²) in [6.07, 6.45) is -4.04. The van der Waals surface area contributed by atoms with E-state index in [1.165, 1.54) is 51.3 Å². The second-order valence-electron chi connectivity index (χ2n) is 6.82. The highest BCUT2D eigenvalue weighted by molar-refractivity contribution is 7.91. The molecule has 29 heavy (non-hydrogen) atoms. The summed E-state index contributed by atoms with van der Waals surface area (Å²) in [7, 11) is -2.90. The van der Waals surface area contributed by atoms with E-state index in [4.69, 9.17) is 15.3 Å². The van der Waals surface area contributed by atoms with E-state index in [0.29, 0.717) is 11.8 Å². The van der Waals surface area contributed by atoms with E-state index in [0.717, 1.165) is 0 Å². The van der Waals surface area contributed by atoms with Gasteiger partial charge < -0.3 is 20.9 Å². The van der Waals surface area contributed by atoms with Crippen LogP contribution < -0.4 is 11.1 Å². The van der Waals surface area contributed by atoms with Gasteiger partial charge in [0, 0.05) is 16.8 Å². The molecule has 0 amide bonds. The third-order valence-electron chi connectivity index (χ3n) is 3.82. The predicted octanol–water partition coefficient (Wildman–Crippen LogP) is 3.58. The first-order valence-corrected chi connectivity index (χ1v) is 10.3. The molecule has 2 atom stereocenters. The van der Waals surface area contributed by atoms with Crippen LogP contribution in [-0.2, 0) is 14.5 Å². The molecule has 1 aromatic carbocycles. The van der Waals surface area contributed by atoms with Crippen LogP contribution in [0.4, 0.5) is 18.9 Å². The Morgan fingerprint density at radius 1 is 1.38 bits per heavy atom. The van der Waals surface area contributed by atoms with E-state index in [1.807, 2.05) is 0 Å². The third-order valence-corrected chi connectivity index (χ3v) is 4.99. The minimum atomic E-state index is -4.81. The van der Waals surface area contributed by atoms with Crippen molar-refractivity contribution in [2.45, 2.75) is 43.5 Å². The van der Waals surface area contributed by atoms with Crippen LogP contribution in [0.25, 0.3) is 0 Å². The number of nitrogens with zero attached hydrogens (tertiary/aromatic N) is 1. The molecule has 0 fully saturated rings. The summed E-state index contributed by atoms with van der Waals surface area (Å²) in [5.74, 6) is -1.27. The molecule has 0 aliphatic rings. The standard InChI is InChI=1S/C18H25F3N4O3S/c1-6-14(18(19,20)21)15(28-11(2)17(3,4)26)25-16(22)24-12-7-9-13(10-8-12)29(5,23)27/h6-11,23,26H,1H2,2-5H3,(H3,22,24,25)/b15-14-/t11-,29?/m1/s1. The zero-order valence-electron chi connectivity index (χ0n) is 16.5. The minimum absolute atomic E-state index is 0.285. The molecule has 1 unspecified atom stereocenters. The normalized spacial score (nSPS) is 17.0. The van der Waals surface area contributed by atoms with Gasteiger partial charge in [-0.25, -0.2) is 8.99 Å². The number of ether oxygens (including phenoxy) is 1. The van der Waals surface area contributed by atoms with Gasteiger partial charge in [-0.3, -0.25) is 0 Å². The molecule has 0 saturated heterocycles. The summed E-state index contributed by atoms with van der Waals surface area (Å²) in [5, 5.41) is 12.6. The van der Waals surface area contributed by atoms with E-state index in [1.54, 1.807) is 0 Å². The van der Waals surface area contributed by atoms with Gasteiger partial charge >= 0.3 is 6.18 Å². The number of hydrogen-bond donors (Lipinski definition) is 4. The Kier molecular flexibility index (Phi) is 7.49. The van der Waals surface area contributed by atoms with Gasteiger partial charge in [0.1, 0.15) is 11.7 Å². The number of aliphatic imine (C=N–C) groups is 1. The molecule has 0 saturated carbocycles. The Balaban J connectivity index is 3.27. The zero-order chi connectivity index (χ0) is 22.6. The summed E-state index contributed by atoms with van der Waals surface area (Å²) in [4.78, 5) is 3.96. The molecule has 0 aliphatic carbocycles. The lowest BCUT2D eigenvalue weighted by Crippen LogP contribution is -2.36. The van der Waals surface area contributed by atoms with Crippen LogP contribution in [0.1, 0.15) is 20.8 Å². The Bertz CT molecular complexity index is 900. The van der Waals surface area contributed by atoms with Crippen molar-refractivity contribution in [1.82, 2.24) is 0 Å². The Morgan fingerprint density at radius 2 is 1.90 bits per heavy atom. The Hall–Kier alpha value is -2.53. The second kappa shape index (κ2) is 8.87. The highest BCUT2D eigenvalue weighted by Gasteiger charge is 2.37. The monoisotopic (exact) mass is 434 g/mol. The molecule has 0 radical (unpaired) electrons. The number of anilines is 1. The van der Waals surface area contributed by atoms with Crippen molar-refractivity contribution in [3.8, 4) is 0 Å². The number of nitrogens with two attached hydrogens (primary N) is 1. The highest BCUT2D eigenvalue weighted by atomic mass is 32.2. The summed E-state index contributed by atoms with van der Waals surface area (Å²) < 4.78 is 64.4. The maximum Gasteiger partial charge on any atom is 0.421 e. The lowest BCUT2D eigenvalue weighted by molar-refractivity contribution is -0.0983. The molecule has 5 N–H and O–H groups in total. The van der Waals surface area contributed by atoms with Crippen molar-refractivity contribution in [2.24, 2.45) is 10.7 Å². The molecular weight excluding hydrogens is 409 g/mol. The summed E-state index contributed by atoms with van der Waals surface area (Å²) in [5.41, 5.74) is 3.37. The molecule has 7 nitrogen and oxygen atoms in total. The summed E-state index contributed by atoms with van der Waals surface area (Å²) in [6, 6.07) is 5.77. The van der Waals surface area contributed by atoms with Crippen molar-refractivity contribution in [3.63, 3.8) is 0 Å². The lowest BCUT2D eigenvalue weighted by Gasteiger charge is -2.27. The van der Waals surface area contributed by atoms with Gasteiger partial charge in [-0.2, -0.15) is 18.2 Å². The van der Waals surface area contributed by atoms with Crippen LogP contribution in [-0.4, -0.2) is 39.4 Å². The van der Waals surface area contributed by atoms with Crippen LogP contribution in [0, 0.1) is 4.78 Å². The first-order chi connectivity index (χ1) is 13.1. The van der Waals surface area contributed by atoms with E-state index in [-0.39, 0.29) is 4.90 Å². The number of aliphatic hydroxyl groups is 1. The summed E-state index contributed by atoms with van der Waals surface area (Å²) >= 11 is 0. The predicted molar refractivity (Wildman–Crippen MR) is 107 cm³/mol. The number of allylic oxidation sites excluding steroid dienone is 2. The summed E-state index contributed by atoms with van der Waals surface area (Å²) in [6.45, 7) is 7.29. The molecule has 1 rings (SSSR count). The highest BCUT2D eigenvalue weighted by Crippen LogP contribution is 2.31. The van der Waals surface area contributed by atoms with E-state index in [2.05, 4.69) is 16.9 Å². The number of hydrogen-bond acceptors (Lipinski definition) is 5. The fourth-order valence-electron chi connectivity index (χ4n) is 1.87. The van der Waals surface area contributed by atoms with Crippen molar-refractivity contribution in [1.29, 1.82) is 4.78 Å². The van der Waals surface area contributed by atoms with Crippen LogP contribution in [0.3, 0.4) is 0 Å². The molecular formula is C18H25F3N4O3S. The fraction of sp³-hybridized carbons (Fsp3) is 0.389. The van der Waals surface area contributed by atoms with Gasteiger partial charge in [-0.1, -0.05) is 12.7 Å². The SMILES string of the molecule is C=C/C(=C(\N=C(/N)Nc1ccc(S(C)(=N)=O)cc1)O[C@H](C)C(C)(C)O)C(F)(F)F. The maximum atomic E-state index is 13.3. The molecule has 0 spiro atoms. The van der Waals surface area contributed by atoms with Gasteiger partial charge in [-0.15, -0.1) is 0 Å². The molecule has 0 aromatic heterocycles. The second-order valence-corrected chi connectivity index (χ2v) is 8.98. The van der Waals surface area contributed by atoms with Gasteiger partial charge in [0.05, 0.1) is 15.3 Å². The first-order valence-electron chi connectivity index (χ1n) is 8.33. The first kappa shape index (κ1) is 24.5. The molecule has 11 heteroatoms. The number of halogens is 3. The van der Waals surface area contributed by atoms with Crippen LogP contribution in [0.5, 0.6) is 0 Å². The number of guanidine groups is 1. The molecule has 1 aromatic rings. The van der Waals surface area contributed by atoms with Crippen molar-refractivity contribution < 1.29 is 27.2 Å². The average molecular weight is 434 g/mol. The number of nitrogens with one attached hydrogen (secondary N) is 2. The molecule has 0 heterocycles. The van der Waals surface area contributed by atoms with Crippen molar-refractivity contribution in [3.05, 3.63) is 48.4 Å². The topological polar surface area (TPSA) is 121 Å². The quantitative estimate of drug-likeness (QED) is 0.226. The van der Waals surface area contributed by atoms with Gasteiger partial charge in [0.15, 0.2) is 0 Å². The molecule has 0 aliphatic heterocycles. The Labute approximate surface area is 168 Å². The zero-order valence-corrected chi connectivity index (χ0v) is 17.3. The van der Waals surface area contributed by atoms with Gasteiger partial charge in [0.25, 0.3) is 0 Å². The van der Waals surface area contributed by atoms with Gasteiger partial charge in [-0.05, 0) is 45.0 Å². The number of benzene rings is 1. The van der Waals surface area contributed by atoms with Crippen LogP contribution in [0.2, 0.25) is 0 Å². The average Bonchev–Trinajstić information content (AvgIpc) is 2.52. The number of rotatable bonds is 7. The number of alkyl halides is 3. The van der Waals surface area contributed by atoms with Crippen molar-refractivity contribution >= 4 is 21.4 Å². The largest absolute Gasteiger partial charge is 0.471 e. The maximum absolute atomic E-state index is 13.3. The molecule has 0 bridgehead atoms. The fourth-order valence-corrected chi connectivity index (χ4v) is 2.52. The lowest BCUT2D eigenvalue weighted by atomic mass is 10.0. The smallest absolute Gasteiger partial charge is 0.421 e. The van der Waals surface area contributed by atoms with Crippen molar-refractivity contribution in [2.75, 3.05) is 11.6 Å². The van der Waals surface area contributed by atoms with Crippen LogP contribution in [0.15, 0.2) is 58.3 Å². The van der Waals surface area contributed by atoms with E-state index in [9.17, 15) is 22.5 Å². The third kappa shape index (κ3) is 7.42. The van der Waals surface area contributed by atoms with E-state index < -0.39 is 45.0 Å². The molecule has 162 valence electrons. The Morgan fingerprint density at radius 3 is 2.28 bits per heavy atom. The van der Waals surface area contributed by atoms with Crippen LogP contribution >= 0.6 is 0 Å². The van der Waals surface area contributed by atoms with Gasteiger partial charge in [0.2, 0.25) is 11.8 Å². The van der Waals surface area contributed by atoms with E-state index >= 15 is 0 Å².